The summed E-state index contributed by atoms with van der Waals surface area (Å²) in [5.74, 6) is 0. The molecule has 0 aliphatic heterocycles. The molecule has 78 valence electrons. The van der Waals surface area contributed by atoms with Crippen LogP contribution in [0.5, 0.6) is 0 Å². The average molecular weight is 202 g/mol. The molecular weight excluding hydrogens is 188 g/mol. The zero-order valence-electron chi connectivity index (χ0n) is 8.88. The predicted molar refractivity (Wildman–Crippen MR) is 58.9 cm³/mol. The highest BCUT2D eigenvalue weighted by molar-refractivity contribution is 5.34. The van der Waals surface area contributed by atoms with E-state index in [9.17, 15) is 5.11 Å². The van der Waals surface area contributed by atoms with E-state index >= 15 is 0 Å². The van der Waals surface area contributed by atoms with Gasteiger partial charge in [-0.3, -0.25) is 0 Å². The van der Waals surface area contributed by atoms with Gasteiger partial charge in [0.15, 0.2) is 0 Å². The van der Waals surface area contributed by atoms with Crippen molar-refractivity contribution in [3.05, 3.63) is 47.8 Å². The molecule has 1 atom stereocenters. The molecule has 3 heteroatoms. The Morgan fingerprint density at radius 2 is 1.93 bits per heavy atom. The molecule has 2 rings (SSSR count). The third kappa shape index (κ3) is 1.78. The standard InChI is InChI=1S/C12H14N2O/c1-9-12(10(2)15)8-13-14(9)11-6-4-3-5-7-11/h3-8,10,15H,1-2H3. The van der Waals surface area contributed by atoms with E-state index in [0.29, 0.717) is 0 Å². The van der Waals surface area contributed by atoms with Gasteiger partial charge in [0.1, 0.15) is 0 Å². The summed E-state index contributed by atoms with van der Waals surface area (Å²) >= 11 is 0. The Hall–Kier alpha value is -1.61. The summed E-state index contributed by atoms with van der Waals surface area (Å²) in [5, 5.41) is 13.8. The molecule has 1 N–H and O–H groups in total. The van der Waals surface area contributed by atoms with Gasteiger partial charge in [0.2, 0.25) is 0 Å². The smallest absolute Gasteiger partial charge is 0.0795 e. The molecule has 0 spiro atoms. The number of hydrogen-bond acceptors (Lipinski definition) is 2. The van der Waals surface area contributed by atoms with Crippen molar-refractivity contribution in [2.45, 2.75) is 20.0 Å². The van der Waals surface area contributed by atoms with Gasteiger partial charge < -0.3 is 5.11 Å². The highest BCUT2D eigenvalue weighted by atomic mass is 16.3. The first-order valence-corrected chi connectivity index (χ1v) is 4.98. The molecule has 0 fully saturated rings. The van der Waals surface area contributed by atoms with Gasteiger partial charge >= 0.3 is 0 Å². The predicted octanol–water partition coefficient (Wildman–Crippen LogP) is 2.23. The Morgan fingerprint density at radius 1 is 1.27 bits per heavy atom. The number of benzene rings is 1. The summed E-state index contributed by atoms with van der Waals surface area (Å²) in [5.41, 5.74) is 2.87. The van der Waals surface area contributed by atoms with Crippen LogP contribution in [0.2, 0.25) is 0 Å². The lowest BCUT2D eigenvalue weighted by atomic mass is 10.2. The third-order valence-electron chi connectivity index (χ3n) is 2.50. The van der Waals surface area contributed by atoms with E-state index in [4.69, 9.17) is 0 Å². The van der Waals surface area contributed by atoms with Crippen LogP contribution >= 0.6 is 0 Å². The van der Waals surface area contributed by atoms with Gasteiger partial charge in [0.25, 0.3) is 0 Å². The van der Waals surface area contributed by atoms with Gasteiger partial charge in [-0.15, -0.1) is 0 Å². The van der Waals surface area contributed by atoms with E-state index < -0.39 is 6.10 Å². The lowest BCUT2D eigenvalue weighted by Crippen LogP contribution is -2.00. The Labute approximate surface area is 89.0 Å². The molecule has 0 radical (unpaired) electrons. The highest BCUT2D eigenvalue weighted by Gasteiger charge is 2.11. The largest absolute Gasteiger partial charge is 0.389 e. The van der Waals surface area contributed by atoms with Crippen LogP contribution in [0.25, 0.3) is 5.69 Å². The molecule has 1 unspecified atom stereocenters. The zero-order valence-corrected chi connectivity index (χ0v) is 8.88. The molecule has 0 bridgehead atoms. The second-order valence-corrected chi connectivity index (χ2v) is 3.61. The van der Waals surface area contributed by atoms with Crippen LogP contribution in [0, 0.1) is 6.92 Å². The molecule has 15 heavy (non-hydrogen) atoms. The van der Waals surface area contributed by atoms with Gasteiger partial charge in [-0.25, -0.2) is 4.68 Å². The maximum atomic E-state index is 9.51. The number of rotatable bonds is 2. The van der Waals surface area contributed by atoms with Crippen LogP contribution in [0.3, 0.4) is 0 Å². The number of para-hydroxylation sites is 1. The number of nitrogens with zero attached hydrogens (tertiary/aromatic N) is 2. The van der Waals surface area contributed by atoms with Crippen molar-refractivity contribution < 1.29 is 5.11 Å². The van der Waals surface area contributed by atoms with E-state index in [-0.39, 0.29) is 0 Å². The molecular formula is C12H14N2O. The van der Waals surface area contributed by atoms with Crippen molar-refractivity contribution in [3.8, 4) is 5.69 Å². The van der Waals surface area contributed by atoms with Crippen molar-refractivity contribution in [3.63, 3.8) is 0 Å². The fraction of sp³-hybridized carbons (Fsp3) is 0.250. The van der Waals surface area contributed by atoms with Crippen molar-refractivity contribution in [1.82, 2.24) is 9.78 Å². The maximum absolute atomic E-state index is 9.51. The highest BCUT2D eigenvalue weighted by Crippen LogP contribution is 2.19. The van der Waals surface area contributed by atoms with Crippen molar-refractivity contribution in [2.24, 2.45) is 0 Å². The zero-order chi connectivity index (χ0) is 10.8. The SMILES string of the molecule is Cc1c(C(C)O)cnn1-c1ccccc1. The topological polar surface area (TPSA) is 38.1 Å². The first-order valence-electron chi connectivity index (χ1n) is 4.98. The first-order chi connectivity index (χ1) is 7.20. The molecule has 3 nitrogen and oxygen atoms in total. The first kappa shape index (κ1) is 9.93. The lowest BCUT2D eigenvalue weighted by molar-refractivity contribution is 0.198. The fourth-order valence-corrected chi connectivity index (χ4v) is 1.66. The van der Waals surface area contributed by atoms with Crippen molar-refractivity contribution in [2.75, 3.05) is 0 Å². The molecule has 0 amide bonds. The van der Waals surface area contributed by atoms with E-state index in [1.165, 1.54) is 0 Å². The molecule has 1 aromatic carbocycles. The van der Waals surface area contributed by atoms with Crippen LogP contribution in [0.4, 0.5) is 0 Å². The van der Waals surface area contributed by atoms with Gasteiger partial charge in [-0.05, 0) is 26.0 Å². The van der Waals surface area contributed by atoms with Crippen molar-refractivity contribution >= 4 is 0 Å². The summed E-state index contributed by atoms with van der Waals surface area (Å²) in [7, 11) is 0. The molecule has 2 aromatic rings. The normalized spacial score (nSPS) is 12.7. The molecule has 0 saturated heterocycles. The summed E-state index contributed by atoms with van der Waals surface area (Å²) < 4.78 is 1.84. The molecule has 1 aromatic heterocycles. The van der Waals surface area contributed by atoms with E-state index in [1.807, 2.05) is 41.9 Å². The number of aromatic nitrogens is 2. The van der Waals surface area contributed by atoms with Crippen LogP contribution in [-0.4, -0.2) is 14.9 Å². The fourth-order valence-electron chi connectivity index (χ4n) is 1.66. The summed E-state index contributed by atoms with van der Waals surface area (Å²) in [6.07, 6.45) is 1.25. The van der Waals surface area contributed by atoms with E-state index in [1.54, 1.807) is 13.1 Å². The Kier molecular flexibility index (Phi) is 2.56. The number of aliphatic hydroxyl groups excluding tert-OH is 1. The minimum atomic E-state index is -0.470. The number of aliphatic hydroxyl groups is 1. The summed E-state index contributed by atoms with van der Waals surface area (Å²) in [4.78, 5) is 0. The Morgan fingerprint density at radius 3 is 2.47 bits per heavy atom. The van der Waals surface area contributed by atoms with Crippen LogP contribution < -0.4 is 0 Å². The van der Waals surface area contributed by atoms with Gasteiger partial charge in [-0.1, -0.05) is 18.2 Å². The van der Waals surface area contributed by atoms with Crippen molar-refractivity contribution in [1.29, 1.82) is 0 Å². The maximum Gasteiger partial charge on any atom is 0.0795 e. The third-order valence-corrected chi connectivity index (χ3v) is 2.50. The Balaban J connectivity index is 2.47. The lowest BCUT2D eigenvalue weighted by Gasteiger charge is -2.06. The van der Waals surface area contributed by atoms with Gasteiger partial charge in [0.05, 0.1) is 18.0 Å². The van der Waals surface area contributed by atoms with Gasteiger partial charge in [0, 0.05) is 11.3 Å². The minimum absolute atomic E-state index is 0.470. The Bertz CT molecular complexity index is 446. The second kappa shape index (κ2) is 3.87. The molecule has 0 aliphatic carbocycles. The quantitative estimate of drug-likeness (QED) is 0.811. The van der Waals surface area contributed by atoms with Crippen LogP contribution in [-0.2, 0) is 0 Å². The van der Waals surface area contributed by atoms with Crippen LogP contribution in [0.1, 0.15) is 24.3 Å². The average Bonchev–Trinajstić information content (AvgIpc) is 2.61. The molecule has 0 aliphatic rings. The van der Waals surface area contributed by atoms with Gasteiger partial charge in [-0.2, -0.15) is 5.10 Å². The van der Waals surface area contributed by atoms with E-state index in [0.717, 1.165) is 16.9 Å². The second-order valence-electron chi connectivity index (χ2n) is 3.61. The van der Waals surface area contributed by atoms with Crippen LogP contribution in [0.15, 0.2) is 36.5 Å². The minimum Gasteiger partial charge on any atom is -0.389 e. The summed E-state index contributed by atoms with van der Waals surface area (Å²) in [6, 6.07) is 9.90. The van der Waals surface area contributed by atoms with E-state index in [2.05, 4.69) is 5.10 Å². The monoisotopic (exact) mass is 202 g/mol. The summed E-state index contributed by atoms with van der Waals surface area (Å²) in [6.45, 7) is 3.71. The molecule has 1 heterocycles. The molecule has 0 saturated carbocycles. The number of hydrogen-bond donors (Lipinski definition) is 1.